The number of carbonyl (C=O) groups excluding carboxylic acids is 1. The highest BCUT2D eigenvalue weighted by molar-refractivity contribution is 5.75. The maximum atomic E-state index is 12.5. The van der Waals surface area contributed by atoms with Gasteiger partial charge in [-0.1, -0.05) is 18.2 Å². The molecule has 1 aromatic carbocycles. The van der Waals surface area contributed by atoms with Crippen molar-refractivity contribution in [3.63, 3.8) is 0 Å². The van der Waals surface area contributed by atoms with Gasteiger partial charge in [-0.2, -0.15) is 5.10 Å². The van der Waals surface area contributed by atoms with Gasteiger partial charge in [0.1, 0.15) is 12.3 Å². The van der Waals surface area contributed by atoms with Gasteiger partial charge in [0.2, 0.25) is 5.91 Å². The average molecular weight is 421 g/mol. The molecule has 0 fully saturated rings. The number of halogens is 3. The Labute approximate surface area is 168 Å². The van der Waals surface area contributed by atoms with Crippen LogP contribution in [-0.4, -0.2) is 31.8 Å². The zero-order valence-corrected chi connectivity index (χ0v) is 16.1. The van der Waals surface area contributed by atoms with Crippen molar-refractivity contribution in [2.24, 2.45) is 0 Å². The number of rotatable bonds is 6. The lowest BCUT2D eigenvalue weighted by atomic mass is 10.2. The van der Waals surface area contributed by atoms with Crippen molar-refractivity contribution in [1.82, 2.24) is 24.9 Å². The Balaban J connectivity index is 1.71. The number of amides is 1. The van der Waals surface area contributed by atoms with E-state index in [2.05, 4.69) is 20.3 Å². The highest BCUT2D eigenvalue weighted by Crippen LogP contribution is 2.26. The maximum absolute atomic E-state index is 12.5. The molecule has 0 atom stereocenters. The van der Waals surface area contributed by atoms with E-state index in [0.717, 1.165) is 22.1 Å². The number of nitrogens with zero attached hydrogens (tertiary/aromatic N) is 4. The van der Waals surface area contributed by atoms with Crippen LogP contribution in [0.2, 0.25) is 0 Å². The Kier molecular flexibility index (Phi) is 5.90. The first kappa shape index (κ1) is 21.1. The predicted octanol–water partition coefficient (Wildman–Crippen LogP) is 2.26. The summed E-state index contributed by atoms with van der Waals surface area (Å²) in [6, 6.07) is 10.0. The number of hydrogen-bond donors (Lipinski definition) is 1. The molecule has 2 heterocycles. The van der Waals surface area contributed by atoms with E-state index in [1.165, 1.54) is 35.0 Å². The highest BCUT2D eigenvalue weighted by Gasteiger charge is 2.32. The van der Waals surface area contributed by atoms with Crippen LogP contribution in [0.1, 0.15) is 17.0 Å². The van der Waals surface area contributed by atoms with E-state index in [-0.39, 0.29) is 12.1 Å². The number of nitrogens with one attached hydrogen (secondary N) is 1. The fourth-order valence-corrected chi connectivity index (χ4v) is 2.79. The first-order valence-electron chi connectivity index (χ1n) is 8.84. The zero-order chi connectivity index (χ0) is 21.9. The van der Waals surface area contributed by atoms with Crippen LogP contribution >= 0.6 is 0 Å². The van der Waals surface area contributed by atoms with Crippen LogP contribution < -0.4 is 15.6 Å². The van der Waals surface area contributed by atoms with E-state index in [9.17, 15) is 22.8 Å². The van der Waals surface area contributed by atoms with Crippen molar-refractivity contribution in [2.45, 2.75) is 33.3 Å². The lowest BCUT2D eigenvalue weighted by Gasteiger charge is -2.14. The third-order valence-electron chi connectivity index (χ3n) is 4.05. The fraction of sp³-hybridized carbons (Fsp3) is 0.263. The molecular formula is C19H18F3N5O3. The first-order chi connectivity index (χ1) is 14.1. The summed E-state index contributed by atoms with van der Waals surface area (Å²) in [6.45, 7) is 3.02. The molecule has 2 aromatic heterocycles. The monoisotopic (exact) mass is 421 g/mol. The van der Waals surface area contributed by atoms with Crippen LogP contribution in [0.4, 0.5) is 13.2 Å². The Morgan fingerprint density at radius 3 is 2.53 bits per heavy atom. The molecule has 0 unspecified atom stereocenters. The van der Waals surface area contributed by atoms with Crippen LogP contribution in [0.5, 0.6) is 5.75 Å². The quantitative estimate of drug-likeness (QED) is 0.659. The summed E-state index contributed by atoms with van der Waals surface area (Å²) in [5.41, 5.74) is 1.21. The summed E-state index contributed by atoms with van der Waals surface area (Å²) >= 11 is 0. The molecule has 0 aliphatic rings. The Bertz CT molecular complexity index is 1120. The molecule has 3 aromatic rings. The maximum Gasteiger partial charge on any atom is 0.573 e. The molecule has 0 saturated carbocycles. The van der Waals surface area contributed by atoms with E-state index < -0.39 is 30.1 Å². The van der Waals surface area contributed by atoms with Gasteiger partial charge in [-0.3, -0.25) is 9.59 Å². The van der Waals surface area contributed by atoms with Gasteiger partial charge in [0.05, 0.1) is 5.69 Å². The normalized spacial score (nSPS) is 11.4. The minimum absolute atomic E-state index is 0.139. The molecule has 0 spiro atoms. The van der Waals surface area contributed by atoms with Gasteiger partial charge >= 0.3 is 6.36 Å². The topological polar surface area (TPSA) is 91.0 Å². The molecule has 8 nitrogen and oxygen atoms in total. The lowest BCUT2D eigenvalue weighted by Crippen LogP contribution is -2.33. The number of benzene rings is 1. The van der Waals surface area contributed by atoms with E-state index in [0.29, 0.717) is 5.82 Å². The minimum Gasteiger partial charge on any atom is -0.405 e. The van der Waals surface area contributed by atoms with Crippen LogP contribution in [-0.2, 0) is 17.9 Å². The predicted molar refractivity (Wildman–Crippen MR) is 100 cm³/mol. The number of carbonyl (C=O) groups is 1. The Hall–Kier alpha value is -3.63. The second-order valence-corrected chi connectivity index (χ2v) is 6.46. The van der Waals surface area contributed by atoms with Gasteiger partial charge in [0, 0.05) is 23.9 Å². The van der Waals surface area contributed by atoms with Crippen molar-refractivity contribution in [1.29, 1.82) is 0 Å². The second kappa shape index (κ2) is 8.39. The van der Waals surface area contributed by atoms with E-state index >= 15 is 0 Å². The fourth-order valence-electron chi connectivity index (χ4n) is 2.79. The van der Waals surface area contributed by atoms with E-state index in [1.807, 2.05) is 19.9 Å². The van der Waals surface area contributed by atoms with Crippen molar-refractivity contribution < 1.29 is 22.7 Å². The largest absolute Gasteiger partial charge is 0.573 e. The third kappa shape index (κ3) is 5.25. The summed E-state index contributed by atoms with van der Waals surface area (Å²) < 4.78 is 43.9. The van der Waals surface area contributed by atoms with Crippen molar-refractivity contribution in [2.75, 3.05) is 0 Å². The standard InChI is InChI=1S/C19H18F3N5O3/c1-12-9-13(2)27(24-12)16-7-8-18(29)26(25-16)11-17(28)23-10-14-5-3-4-6-15(14)30-19(20,21)22/h3-9H,10-11H2,1-2H3,(H,23,28). The Morgan fingerprint density at radius 2 is 1.87 bits per heavy atom. The molecule has 0 aliphatic carbocycles. The van der Waals surface area contributed by atoms with Crippen LogP contribution in [0.25, 0.3) is 5.82 Å². The Morgan fingerprint density at radius 1 is 1.13 bits per heavy atom. The van der Waals surface area contributed by atoms with Gasteiger partial charge in [-0.15, -0.1) is 18.3 Å². The summed E-state index contributed by atoms with van der Waals surface area (Å²) in [5, 5.41) is 10.9. The molecule has 0 saturated heterocycles. The molecular weight excluding hydrogens is 403 g/mol. The van der Waals surface area contributed by atoms with E-state index in [1.54, 1.807) is 0 Å². The van der Waals surface area contributed by atoms with Crippen LogP contribution in [0, 0.1) is 13.8 Å². The van der Waals surface area contributed by atoms with Crippen molar-refractivity contribution in [3.8, 4) is 11.6 Å². The smallest absolute Gasteiger partial charge is 0.405 e. The highest BCUT2D eigenvalue weighted by atomic mass is 19.4. The van der Waals surface area contributed by atoms with E-state index in [4.69, 9.17) is 0 Å². The molecule has 0 aliphatic heterocycles. The summed E-state index contributed by atoms with van der Waals surface area (Å²) in [4.78, 5) is 24.3. The number of hydrogen-bond acceptors (Lipinski definition) is 5. The number of aryl methyl sites for hydroxylation is 2. The van der Waals surface area contributed by atoms with Gasteiger partial charge in [-0.25, -0.2) is 9.36 Å². The SMILES string of the molecule is Cc1cc(C)n(-c2ccc(=O)n(CC(=O)NCc3ccccc3OC(F)(F)F)n2)n1. The second-order valence-electron chi connectivity index (χ2n) is 6.46. The number of alkyl halides is 3. The summed E-state index contributed by atoms with van der Waals surface area (Å²) in [7, 11) is 0. The first-order valence-corrected chi connectivity index (χ1v) is 8.84. The van der Waals surface area contributed by atoms with Gasteiger partial charge in [0.25, 0.3) is 5.56 Å². The number of ether oxygens (including phenoxy) is 1. The van der Waals surface area contributed by atoms with Crippen molar-refractivity contribution in [3.05, 3.63) is 69.8 Å². The minimum atomic E-state index is -4.85. The molecule has 11 heteroatoms. The summed E-state index contributed by atoms with van der Waals surface area (Å²) in [5.74, 6) is -0.652. The lowest BCUT2D eigenvalue weighted by molar-refractivity contribution is -0.274. The number of para-hydroxylation sites is 1. The zero-order valence-electron chi connectivity index (χ0n) is 16.1. The van der Waals surface area contributed by atoms with Gasteiger partial charge in [0.15, 0.2) is 5.82 Å². The number of aromatic nitrogens is 4. The summed E-state index contributed by atoms with van der Waals surface area (Å²) in [6.07, 6.45) is -4.85. The molecule has 0 radical (unpaired) electrons. The molecule has 3 rings (SSSR count). The molecule has 1 N–H and O–H groups in total. The van der Waals surface area contributed by atoms with Gasteiger partial charge in [-0.05, 0) is 32.0 Å². The van der Waals surface area contributed by atoms with Crippen LogP contribution in [0.15, 0.2) is 47.3 Å². The van der Waals surface area contributed by atoms with Crippen LogP contribution in [0.3, 0.4) is 0 Å². The molecule has 158 valence electrons. The molecule has 0 bridgehead atoms. The van der Waals surface area contributed by atoms with Gasteiger partial charge < -0.3 is 10.1 Å². The third-order valence-corrected chi connectivity index (χ3v) is 4.05. The molecule has 30 heavy (non-hydrogen) atoms. The van der Waals surface area contributed by atoms with Crippen molar-refractivity contribution >= 4 is 5.91 Å². The molecule has 1 amide bonds. The average Bonchev–Trinajstić information content (AvgIpc) is 3.00.